The van der Waals surface area contributed by atoms with Crippen LogP contribution in [0.25, 0.3) is 0 Å². The minimum absolute atomic E-state index is 0.146. The van der Waals surface area contributed by atoms with E-state index in [9.17, 15) is 27.2 Å². The molecule has 2 aromatic carbocycles. The van der Waals surface area contributed by atoms with Crippen LogP contribution in [0, 0.1) is 18.7 Å². The molecule has 1 aliphatic rings. The number of carbonyl (C=O) groups is 2. The minimum Gasteiger partial charge on any atom is -0.406 e. The van der Waals surface area contributed by atoms with Crippen molar-refractivity contribution in [3.05, 3.63) is 76.0 Å². The highest BCUT2D eigenvalue weighted by atomic mass is 32.1. The first kappa shape index (κ1) is 24.6. The Morgan fingerprint density at radius 2 is 1.80 bits per heavy atom. The molecule has 1 saturated heterocycles. The molecule has 6 nitrogen and oxygen atoms in total. The van der Waals surface area contributed by atoms with Crippen LogP contribution in [0.2, 0.25) is 0 Å². The second-order valence-corrected chi connectivity index (χ2v) is 9.07. The van der Waals surface area contributed by atoms with E-state index in [4.69, 9.17) is 0 Å². The molecule has 3 aromatic rings. The number of benzene rings is 2. The topological polar surface area (TPSA) is 71.5 Å². The Kier molecular flexibility index (Phi) is 7.06. The molecule has 184 valence electrons. The third-order valence-electron chi connectivity index (χ3n) is 5.54. The quantitative estimate of drug-likeness (QED) is 0.456. The van der Waals surface area contributed by atoms with E-state index in [0.717, 1.165) is 22.5 Å². The molecule has 11 heteroatoms. The summed E-state index contributed by atoms with van der Waals surface area (Å²) in [6, 6.07) is 11.3. The largest absolute Gasteiger partial charge is 0.573 e. The zero-order valence-electron chi connectivity index (χ0n) is 18.6. The molecule has 0 spiro atoms. The average Bonchev–Trinajstić information content (AvgIpc) is 3.36. The van der Waals surface area contributed by atoms with Crippen LogP contribution in [-0.2, 0) is 17.8 Å². The SMILES string of the molecule is Cc1nc(N2CCC(Cc3ccc(OC(F)(F)F)cc3)C2=O)sc1C(=O)NCc1ccc(F)cc1. The van der Waals surface area contributed by atoms with Crippen molar-refractivity contribution in [2.24, 2.45) is 5.92 Å². The van der Waals surface area contributed by atoms with Gasteiger partial charge in [0.15, 0.2) is 5.13 Å². The Labute approximate surface area is 202 Å². The summed E-state index contributed by atoms with van der Waals surface area (Å²) in [6.45, 7) is 2.35. The highest BCUT2D eigenvalue weighted by molar-refractivity contribution is 7.17. The van der Waals surface area contributed by atoms with Crippen LogP contribution in [0.4, 0.5) is 22.7 Å². The van der Waals surface area contributed by atoms with Gasteiger partial charge in [-0.05, 0) is 55.2 Å². The summed E-state index contributed by atoms with van der Waals surface area (Å²) in [4.78, 5) is 32.0. The van der Waals surface area contributed by atoms with Gasteiger partial charge in [0.2, 0.25) is 5.91 Å². The first-order valence-electron chi connectivity index (χ1n) is 10.7. The Hall–Kier alpha value is -3.47. The molecule has 1 atom stereocenters. The summed E-state index contributed by atoms with van der Waals surface area (Å²) in [5.41, 5.74) is 1.96. The van der Waals surface area contributed by atoms with Gasteiger partial charge in [0.1, 0.15) is 16.4 Å². The fraction of sp³-hybridized carbons (Fsp3) is 0.292. The van der Waals surface area contributed by atoms with Crippen molar-refractivity contribution in [3.63, 3.8) is 0 Å². The Balaban J connectivity index is 1.37. The predicted octanol–water partition coefficient (Wildman–Crippen LogP) is 5.01. The molecule has 35 heavy (non-hydrogen) atoms. The fourth-order valence-corrected chi connectivity index (χ4v) is 4.82. The number of thiazole rings is 1. The van der Waals surface area contributed by atoms with Gasteiger partial charge in [-0.25, -0.2) is 9.37 Å². The number of rotatable bonds is 7. The molecule has 1 aromatic heterocycles. The number of alkyl halides is 3. The van der Waals surface area contributed by atoms with Gasteiger partial charge < -0.3 is 10.1 Å². The number of nitrogens with zero attached hydrogens (tertiary/aromatic N) is 2. The molecule has 0 aliphatic carbocycles. The van der Waals surface area contributed by atoms with Crippen LogP contribution in [0.3, 0.4) is 0 Å². The predicted molar refractivity (Wildman–Crippen MR) is 122 cm³/mol. The number of aromatic nitrogens is 1. The number of aryl methyl sites for hydroxylation is 1. The van der Waals surface area contributed by atoms with Gasteiger partial charge in [0, 0.05) is 19.0 Å². The van der Waals surface area contributed by atoms with Gasteiger partial charge in [0.25, 0.3) is 5.91 Å². The lowest BCUT2D eigenvalue weighted by molar-refractivity contribution is -0.274. The van der Waals surface area contributed by atoms with Gasteiger partial charge >= 0.3 is 6.36 Å². The maximum absolute atomic E-state index is 13.0. The van der Waals surface area contributed by atoms with Crippen LogP contribution >= 0.6 is 11.3 Å². The van der Waals surface area contributed by atoms with Crippen LogP contribution in [-0.4, -0.2) is 29.7 Å². The van der Waals surface area contributed by atoms with Gasteiger partial charge in [-0.2, -0.15) is 0 Å². The van der Waals surface area contributed by atoms with E-state index in [-0.39, 0.29) is 35.8 Å². The molecular formula is C24H21F4N3O3S. The minimum atomic E-state index is -4.76. The molecular weight excluding hydrogens is 486 g/mol. The van der Waals surface area contributed by atoms with E-state index in [2.05, 4.69) is 15.0 Å². The summed E-state index contributed by atoms with van der Waals surface area (Å²) >= 11 is 1.12. The first-order valence-corrected chi connectivity index (χ1v) is 11.6. The normalized spacial score (nSPS) is 16.0. The van der Waals surface area contributed by atoms with Crippen LogP contribution in [0.15, 0.2) is 48.5 Å². The summed E-state index contributed by atoms with van der Waals surface area (Å²) < 4.78 is 53.9. The molecule has 4 rings (SSSR count). The van der Waals surface area contributed by atoms with Crippen LogP contribution < -0.4 is 15.0 Å². The van der Waals surface area contributed by atoms with Gasteiger partial charge in [-0.3, -0.25) is 14.5 Å². The molecule has 0 saturated carbocycles. The highest BCUT2D eigenvalue weighted by Gasteiger charge is 2.35. The van der Waals surface area contributed by atoms with Crippen molar-refractivity contribution in [2.75, 3.05) is 11.4 Å². The molecule has 1 unspecified atom stereocenters. The second-order valence-electron chi connectivity index (χ2n) is 8.09. The van der Waals surface area contributed by atoms with E-state index in [1.165, 1.54) is 36.4 Å². The lowest BCUT2D eigenvalue weighted by Crippen LogP contribution is -2.27. The second kappa shape index (κ2) is 10.0. The molecule has 2 heterocycles. The summed E-state index contributed by atoms with van der Waals surface area (Å²) in [5.74, 6) is -1.50. The third-order valence-corrected chi connectivity index (χ3v) is 6.72. The molecule has 1 aliphatic heterocycles. The van der Waals surface area contributed by atoms with Crippen LogP contribution in [0.1, 0.15) is 32.9 Å². The number of nitrogens with one attached hydrogen (secondary N) is 1. The Morgan fingerprint density at radius 1 is 1.14 bits per heavy atom. The smallest absolute Gasteiger partial charge is 0.406 e. The fourth-order valence-electron chi connectivity index (χ4n) is 3.80. The lowest BCUT2D eigenvalue weighted by atomic mass is 9.98. The summed E-state index contributed by atoms with van der Waals surface area (Å²) in [7, 11) is 0. The maximum Gasteiger partial charge on any atom is 0.573 e. The van der Waals surface area contributed by atoms with E-state index < -0.39 is 6.36 Å². The number of hydrogen-bond acceptors (Lipinski definition) is 5. The number of hydrogen-bond donors (Lipinski definition) is 1. The standard InChI is InChI=1S/C24H21F4N3O3S/c1-14-20(21(32)29-13-16-2-6-18(25)7-3-16)35-23(30-14)31-11-10-17(22(31)33)12-15-4-8-19(9-5-15)34-24(26,27)28/h2-9,17H,10-13H2,1H3,(H,29,32). The molecule has 1 N–H and O–H groups in total. The highest BCUT2D eigenvalue weighted by Crippen LogP contribution is 2.33. The van der Waals surface area contributed by atoms with Gasteiger partial charge in [0.05, 0.1) is 5.69 Å². The van der Waals surface area contributed by atoms with Gasteiger partial charge in [-0.15, -0.1) is 13.2 Å². The van der Waals surface area contributed by atoms with E-state index in [1.54, 1.807) is 24.0 Å². The van der Waals surface area contributed by atoms with Gasteiger partial charge in [-0.1, -0.05) is 35.6 Å². The van der Waals surface area contributed by atoms with Crippen molar-refractivity contribution >= 4 is 28.3 Å². The number of ether oxygens (including phenoxy) is 1. The molecule has 0 bridgehead atoms. The van der Waals surface area contributed by atoms with E-state index in [1.807, 2.05) is 0 Å². The summed E-state index contributed by atoms with van der Waals surface area (Å²) in [6.07, 6.45) is -3.83. The third kappa shape index (κ3) is 6.16. The number of halogens is 4. The van der Waals surface area contributed by atoms with Crippen molar-refractivity contribution < 1.29 is 31.9 Å². The van der Waals surface area contributed by atoms with E-state index >= 15 is 0 Å². The van der Waals surface area contributed by atoms with Crippen LogP contribution in [0.5, 0.6) is 5.75 Å². The Bertz CT molecular complexity index is 1210. The molecule has 0 radical (unpaired) electrons. The monoisotopic (exact) mass is 507 g/mol. The zero-order chi connectivity index (χ0) is 25.2. The Morgan fingerprint density at radius 3 is 2.46 bits per heavy atom. The zero-order valence-corrected chi connectivity index (χ0v) is 19.4. The summed E-state index contributed by atoms with van der Waals surface area (Å²) in [5, 5.41) is 3.20. The number of amides is 2. The maximum atomic E-state index is 13.0. The van der Waals surface area contributed by atoms with Crippen molar-refractivity contribution in [2.45, 2.75) is 32.7 Å². The number of carbonyl (C=O) groups excluding carboxylic acids is 2. The van der Waals surface area contributed by atoms with Crippen molar-refractivity contribution in [3.8, 4) is 5.75 Å². The lowest BCUT2D eigenvalue weighted by Gasteiger charge is -2.14. The average molecular weight is 508 g/mol. The van der Waals surface area contributed by atoms with Crippen molar-refractivity contribution in [1.82, 2.24) is 10.3 Å². The molecule has 2 amide bonds. The van der Waals surface area contributed by atoms with Crippen molar-refractivity contribution in [1.29, 1.82) is 0 Å². The van der Waals surface area contributed by atoms with E-state index in [0.29, 0.717) is 35.1 Å². The number of anilines is 1. The molecule has 1 fully saturated rings. The first-order chi connectivity index (χ1) is 16.6.